The summed E-state index contributed by atoms with van der Waals surface area (Å²) in [7, 11) is 3.25. The van der Waals surface area contributed by atoms with Crippen molar-refractivity contribution in [2.24, 2.45) is 4.99 Å². The van der Waals surface area contributed by atoms with E-state index in [1.54, 1.807) is 14.2 Å². The number of hydrogen-bond donors (Lipinski definition) is 2. The third kappa shape index (κ3) is 6.74. The number of benzene rings is 2. The van der Waals surface area contributed by atoms with Crippen molar-refractivity contribution >= 4 is 29.9 Å². The zero-order chi connectivity index (χ0) is 18.3. The maximum Gasteiger partial charge on any atom is 0.416 e. The maximum absolute atomic E-state index is 12.5. The standard InChI is InChI=1S/C18H20F3N3O.HI/c1-22-17(24-12-14-5-9-16(25-2)10-6-14)23-11-13-3-7-15(8-4-13)18(19,20)21;/h3-10H,11-12H2,1-2H3,(H2,22,23,24);1H. The van der Waals surface area contributed by atoms with Gasteiger partial charge in [-0.15, -0.1) is 24.0 Å². The molecular formula is C18H21F3IN3O. The molecule has 0 spiro atoms. The first-order valence-corrected chi connectivity index (χ1v) is 7.66. The van der Waals surface area contributed by atoms with E-state index >= 15 is 0 Å². The van der Waals surface area contributed by atoms with Crippen molar-refractivity contribution in [3.05, 3.63) is 65.2 Å². The van der Waals surface area contributed by atoms with Gasteiger partial charge >= 0.3 is 6.18 Å². The van der Waals surface area contributed by atoms with Gasteiger partial charge in [0.1, 0.15) is 5.75 Å². The Labute approximate surface area is 167 Å². The molecule has 0 radical (unpaired) electrons. The molecule has 0 fully saturated rings. The fourth-order valence-corrected chi connectivity index (χ4v) is 2.15. The quantitative estimate of drug-likeness (QED) is 0.384. The average Bonchev–Trinajstić information content (AvgIpc) is 2.62. The summed E-state index contributed by atoms with van der Waals surface area (Å²) in [4.78, 5) is 4.10. The molecule has 26 heavy (non-hydrogen) atoms. The van der Waals surface area contributed by atoms with Gasteiger partial charge in [0.05, 0.1) is 12.7 Å². The van der Waals surface area contributed by atoms with Gasteiger partial charge in [0.25, 0.3) is 0 Å². The number of halogens is 4. The molecule has 2 aromatic carbocycles. The normalized spacial score (nSPS) is 11.5. The van der Waals surface area contributed by atoms with Crippen LogP contribution < -0.4 is 15.4 Å². The van der Waals surface area contributed by atoms with Crippen LogP contribution in [0.25, 0.3) is 0 Å². The third-order valence-corrected chi connectivity index (χ3v) is 3.58. The van der Waals surface area contributed by atoms with E-state index in [4.69, 9.17) is 4.74 Å². The average molecular weight is 479 g/mol. The predicted octanol–water partition coefficient (Wildman–Crippen LogP) is 4.20. The SMILES string of the molecule is CN=C(NCc1ccc(OC)cc1)NCc1ccc(C(F)(F)F)cc1.I. The van der Waals surface area contributed by atoms with Gasteiger partial charge in [0.15, 0.2) is 5.96 Å². The van der Waals surface area contributed by atoms with E-state index in [0.717, 1.165) is 29.0 Å². The largest absolute Gasteiger partial charge is 0.497 e. The van der Waals surface area contributed by atoms with Crippen molar-refractivity contribution in [3.63, 3.8) is 0 Å². The van der Waals surface area contributed by atoms with E-state index in [1.165, 1.54) is 12.1 Å². The van der Waals surface area contributed by atoms with Crippen molar-refractivity contribution in [1.82, 2.24) is 10.6 Å². The first kappa shape index (κ1) is 22.1. The fraction of sp³-hybridized carbons (Fsp3) is 0.278. The lowest BCUT2D eigenvalue weighted by Gasteiger charge is -2.13. The third-order valence-electron chi connectivity index (χ3n) is 3.58. The molecule has 2 N–H and O–H groups in total. The van der Waals surface area contributed by atoms with Gasteiger partial charge < -0.3 is 15.4 Å². The molecule has 0 atom stereocenters. The van der Waals surface area contributed by atoms with Crippen LogP contribution in [0, 0.1) is 0 Å². The molecule has 0 saturated carbocycles. The molecule has 0 aromatic heterocycles. The monoisotopic (exact) mass is 479 g/mol. The second-order valence-electron chi connectivity index (χ2n) is 5.32. The van der Waals surface area contributed by atoms with Crippen LogP contribution in [0.2, 0.25) is 0 Å². The molecular weight excluding hydrogens is 458 g/mol. The highest BCUT2D eigenvalue weighted by Crippen LogP contribution is 2.29. The van der Waals surface area contributed by atoms with Gasteiger partial charge in [-0.2, -0.15) is 13.2 Å². The lowest BCUT2D eigenvalue weighted by atomic mass is 10.1. The number of aliphatic imine (C=N–C) groups is 1. The molecule has 0 bridgehead atoms. The molecule has 0 amide bonds. The van der Waals surface area contributed by atoms with Crippen molar-refractivity contribution in [3.8, 4) is 5.75 Å². The summed E-state index contributed by atoms with van der Waals surface area (Å²) >= 11 is 0. The smallest absolute Gasteiger partial charge is 0.416 e. The Kier molecular flexibility index (Phi) is 8.70. The number of rotatable bonds is 5. The zero-order valence-corrected chi connectivity index (χ0v) is 16.8. The molecule has 0 aliphatic heterocycles. The molecule has 2 aromatic rings. The van der Waals surface area contributed by atoms with Gasteiger partial charge in [-0.3, -0.25) is 4.99 Å². The van der Waals surface area contributed by atoms with Crippen LogP contribution in [-0.2, 0) is 19.3 Å². The van der Waals surface area contributed by atoms with E-state index < -0.39 is 11.7 Å². The molecule has 8 heteroatoms. The number of alkyl halides is 3. The van der Waals surface area contributed by atoms with Gasteiger partial charge in [-0.05, 0) is 35.4 Å². The molecule has 0 heterocycles. The number of methoxy groups -OCH3 is 1. The van der Waals surface area contributed by atoms with Crippen LogP contribution in [0.15, 0.2) is 53.5 Å². The van der Waals surface area contributed by atoms with Gasteiger partial charge in [-0.1, -0.05) is 24.3 Å². The maximum atomic E-state index is 12.5. The Morgan fingerprint density at radius 1 is 0.923 bits per heavy atom. The topological polar surface area (TPSA) is 45.7 Å². The summed E-state index contributed by atoms with van der Waals surface area (Å²) in [5.74, 6) is 1.35. The number of nitrogens with zero attached hydrogens (tertiary/aromatic N) is 1. The first-order chi connectivity index (χ1) is 11.9. The minimum Gasteiger partial charge on any atom is -0.497 e. The summed E-state index contributed by atoms with van der Waals surface area (Å²) in [6.45, 7) is 0.942. The van der Waals surface area contributed by atoms with Crippen molar-refractivity contribution < 1.29 is 17.9 Å². The minimum absolute atomic E-state index is 0. The van der Waals surface area contributed by atoms with E-state index in [0.29, 0.717) is 19.0 Å². The highest BCUT2D eigenvalue weighted by molar-refractivity contribution is 14.0. The molecule has 0 saturated heterocycles. The predicted molar refractivity (Wildman–Crippen MR) is 107 cm³/mol. The van der Waals surface area contributed by atoms with Crippen LogP contribution in [-0.4, -0.2) is 20.1 Å². The van der Waals surface area contributed by atoms with Crippen molar-refractivity contribution in [2.45, 2.75) is 19.3 Å². The molecule has 4 nitrogen and oxygen atoms in total. The number of ether oxygens (including phenoxy) is 1. The number of hydrogen-bond acceptors (Lipinski definition) is 2. The first-order valence-electron chi connectivity index (χ1n) is 7.66. The van der Waals surface area contributed by atoms with Crippen molar-refractivity contribution in [1.29, 1.82) is 0 Å². The number of guanidine groups is 1. The highest BCUT2D eigenvalue weighted by atomic mass is 127. The lowest BCUT2D eigenvalue weighted by molar-refractivity contribution is -0.137. The Morgan fingerprint density at radius 3 is 1.77 bits per heavy atom. The Bertz CT molecular complexity index is 701. The van der Waals surface area contributed by atoms with E-state index in [1.807, 2.05) is 24.3 Å². The number of nitrogens with one attached hydrogen (secondary N) is 2. The Balaban J connectivity index is 0.00000338. The second-order valence-corrected chi connectivity index (χ2v) is 5.32. The summed E-state index contributed by atoms with van der Waals surface area (Å²) in [5, 5.41) is 6.22. The summed E-state index contributed by atoms with van der Waals surface area (Å²) in [5.41, 5.74) is 1.14. The summed E-state index contributed by atoms with van der Waals surface area (Å²) in [6.07, 6.45) is -4.32. The highest BCUT2D eigenvalue weighted by Gasteiger charge is 2.29. The zero-order valence-electron chi connectivity index (χ0n) is 14.4. The fourth-order valence-electron chi connectivity index (χ4n) is 2.15. The summed E-state index contributed by atoms with van der Waals surface area (Å²) in [6, 6.07) is 12.7. The van der Waals surface area contributed by atoms with Crippen molar-refractivity contribution in [2.75, 3.05) is 14.2 Å². The Hall–Kier alpha value is -1.97. The molecule has 0 aliphatic carbocycles. The lowest BCUT2D eigenvalue weighted by Crippen LogP contribution is -2.36. The molecule has 0 unspecified atom stereocenters. The van der Waals surface area contributed by atoms with E-state index in [-0.39, 0.29) is 24.0 Å². The van der Waals surface area contributed by atoms with Crippen LogP contribution in [0.5, 0.6) is 5.75 Å². The molecule has 0 aliphatic rings. The van der Waals surface area contributed by atoms with Gasteiger partial charge in [-0.25, -0.2) is 0 Å². The molecule has 142 valence electrons. The van der Waals surface area contributed by atoms with Gasteiger partial charge in [0.2, 0.25) is 0 Å². The summed E-state index contributed by atoms with van der Waals surface area (Å²) < 4.78 is 42.7. The van der Waals surface area contributed by atoms with E-state index in [9.17, 15) is 13.2 Å². The Morgan fingerprint density at radius 2 is 1.38 bits per heavy atom. The van der Waals surface area contributed by atoms with Gasteiger partial charge in [0, 0.05) is 20.1 Å². The van der Waals surface area contributed by atoms with Crippen LogP contribution in [0.4, 0.5) is 13.2 Å². The second kappa shape index (κ2) is 10.2. The minimum atomic E-state index is -4.32. The van der Waals surface area contributed by atoms with E-state index in [2.05, 4.69) is 15.6 Å². The van der Waals surface area contributed by atoms with Crippen LogP contribution in [0.3, 0.4) is 0 Å². The van der Waals surface area contributed by atoms with Crippen LogP contribution in [0.1, 0.15) is 16.7 Å². The van der Waals surface area contributed by atoms with Crippen LogP contribution >= 0.6 is 24.0 Å². The molecule has 2 rings (SSSR count).